The first kappa shape index (κ1) is 28.3. The fraction of sp³-hybridized carbons (Fsp3) is 0.387. The molecule has 0 amide bonds. The maximum atomic E-state index is 13.4. The number of nitrogens with zero attached hydrogens (tertiary/aromatic N) is 4. The first-order valence-corrected chi connectivity index (χ1v) is 15.0. The standard InChI is InChI=1S/C31H33F2N5O3S/c1-5-21-15-38(16-24-25(40-21)7-8-27(39)34-24)14-20-12-19(11-18-9-10-42-30(18)20)22(6-2)23-13-26(41-31(32)33)29-28(17(23)3)35-36-37(29)4/h7-13,21-22,31H,5-6,14-16H2,1-4H3,(H,34,39)/t21-,22?/m1/s1. The van der Waals surface area contributed by atoms with Gasteiger partial charge in [-0.05, 0) is 77.1 Å². The summed E-state index contributed by atoms with van der Waals surface area (Å²) in [7, 11) is 1.67. The van der Waals surface area contributed by atoms with E-state index in [1.807, 2.05) is 6.92 Å². The number of aromatic amines is 1. The van der Waals surface area contributed by atoms with Crippen LogP contribution in [0.2, 0.25) is 0 Å². The van der Waals surface area contributed by atoms with E-state index in [0.717, 1.165) is 52.9 Å². The zero-order chi connectivity index (χ0) is 29.5. The summed E-state index contributed by atoms with van der Waals surface area (Å²) in [6.45, 7) is 5.15. The smallest absolute Gasteiger partial charge is 0.387 e. The van der Waals surface area contributed by atoms with E-state index in [0.29, 0.717) is 24.1 Å². The molecule has 220 valence electrons. The van der Waals surface area contributed by atoms with E-state index in [9.17, 15) is 13.6 Å². The Morgan fingerprint density at radius 1 is 1.21 bits per heavy atom. The number of rotatable bonds is 8. The number of hydrogen-bond donors (Lipinski definition) is 1. The average molecular weight is 594 g/mol. The minimum atomic E-state index is -2.96. The van der Waals surface area contributed by atoms with Crippen LogP contribution in [-0.2, 0) is 20.1 Å². The van der Waals surface area contributed by atoms with Crippen molar-refractivity contribution in [2.45, 2.75) is 65.3 Å². The zero-order valence-corrected chi connectivity index (χ0v) is 24.8. The van der Waals surface area contributed by atoms with Crippen LogP contribution in [-0.4, -0.2) is 44.1 Å². The number of alkyl halides is 2. The van der Waals surface area contributed by atoms with Crippen LogP contribution < -0.4 is 15.0 Å². The molecule has 4 heterocycles. The van der Waals surface area contributed by atoms with Gasteiger partial charge < -0.3 is 14.5 Å². The first-order valence-electron chi connectivity index (χ1n) is 14.1. The number of halogens is 2. The third-order valence-corrected chi connectivity index (χ3v) is 9.14. The number of thiophene rings is 1. The summed E-state index contributed by atoms with van der Waals surface area (Å²) in [6, 6.07) is 11.5. The van der Waals surface area contributed by atoms with Gasteiger partial charge in [0.25, 0.3) is 0 Å². The van der Waals surface area contributed by atoms with E-state index in [-0.39, 0.29) is 23.3 Å². The predicted octanol–water partition coefficient (Wildman–Crippen LogP) is 6.50. The van der Waals surface area contributed by atoms with Crippen LogP contribution in [0.4, 0.5) is 8.78 Å². The summed E-state index contributed by atoms with van der Waals surface area (Å²) in [4.78, 5) is 17.4. The largest absolute Gasteiger partial charge is 0.487 e. The zero-order valence-electron chi connectivity index (χ0n) is 24.0. The van der Waals surface area contributed by atoms with Gasteiger partial charge in [-0.15, -0.1) is 16.4 Å². The Labute approximate surface area is 245 Å². The number of pyridine rings is 1. The Hall–Kier alpha value is -3.83. The first-order chi connectivity index (χ1) is 20.2. The van der Waals surface area contributed by atoms with E-state index in [2.05, 4.69) is 57.6 Å². The number of fused-ring (bicyclic) bond motifs is 3. The molecule has 1 N–H and O–H groups in total. The second kappa shape index (κ2) is 11.4. The lowest BCUT2D eigenvalue weighted by atomic mass is 9.84. The van der Waals surface area contributed by atoms with Crippen molar-refractivity contribution in [3.05, 3.63) is 80.1 Å². The molecule has 3 aromatic heterocycles. The highest BCUT2D eigenvalue weighted by atomic mass is 32.1. The summed E-state index contributed by atoms with van der Waals surface area (Å²) in [5.74, 6) is 0.723. The van der Waals surface area contributed by atoms with Crippen molar-refractivity contribution >= 4 is 32.5 Å². The summed E-state index contributed by atoms with van der Waals surface area (Å²) in [5.41, 5.74) is 5.71. The van der Waals surface area contributed by atoms with Gasteiger partial charge in [-0.2, -0.15) is 8.78 Å². The Bertz CT molecular complexity index is 1810. The third kappa shape index (κ3) is 5.27. The fourth-order valence-electron chi connectivity index (χ4n) is 6.12. The number of nitrogens with one attached hydrogen (secondary N) is 1. The van der Waals surface area contributed by atoms with E-state index in [4.69, 9.17) is 9.47 Å². The molecule has 8 nitrogen and oxygen atoms in total. The van der Waals surface area contributed by atoms with Gasteiger partial charge >= 0.3 is 6.61 Å². The van der Waals surface area contributed by atoms with Crippen molar-refractivity contribution in [2.24, 2.45) is 7.05 Å². The fourth-order valence-corrected chi connectivity index (χ4v) is 7.01. The lowest BCUT2D eigenvalue weighted by Gasteiger charge is -2.25. The van der Waals surface area contributed by atoms with Gasteiger partial charge in [0.2, 0.25) is 5.56 Å². The van der Waals surface area contributed by atoms with Crippen molar-refractivity contribution in [1.29, 1.82) is 0 Å². The quantitative estimate of drug-likeness (QED) is 0.221. The molecule has 0 bridgehead atoms. The summed E-state index contributed by atoms with van der Waals surface area (Å²) < 4.78 is 40.7. The molecule has 0 saturated heterocycles. The van der Waals surface area contributed by atoms with Gasteiger partial charge in [-0.3, -0.25) is 9.69 Å². The molecule has 42 heavy (non-hydrogen) atoms. The monoisotopic (exact) mass is 593 g/mol. The molecule has 0 radical (unpaired) electrons. The third-order valence-electron chi connectivity index (χ3n) is 8.13. The number of aromatic nitrogens is 4. The summed E-state index contributed by atoms with van der Waals surface area (Å²) in [6.07, 6.45) is 1.59. The van der Waals surface area contributed by atoms with Crippen LogP contribution in [0.15, 0.2) is 46.6 Å². The number of H-pyrrole nitrogens is 1. The highest BCUT2D eigenvalue weighted by molar-refractivity contribution is 7.17. The van der Waals surface area contributed by atoms with Crippen molar-refractivity contribution in [3.8, 4) is 11.5 Å². The second-order valence-corrected chi connectivity index (χ2v) is 11.8. The van der Waals surface area contributed by atoms with Crippen LogP contribution in [0, 0.1) is 6.92 Å². The Kier molecular flexibility index (Phi) is 7.71. The minimum Gasteiger partial charge on any atom is -0.487 e. The lowest BCUT2D eigenvalue weighted by molar-refractivity contribution is -0.0490. The molecule has 2 atom stereocenters. The Morgan fingerprint density at radius 3 is 2.81 bits per heavy atom. The SMILES string of the molecule is CCC(c1cc(CN2Cc3[nH]c(=O)ccc3O[C@H](CC)C2)c2sccc2c1)c1cc(OC(F)F)c2c(nnn2C)c1C. The molecule has 5 aromatic rings. The van der Waals surface area contributed by atoms with Crippen LogP contribution in [0.1, 0.15) is 60.6 Å². The summed E-state index contributed by atoms with van der Waals surface area (Å²) >= 11 is 1.70. The normalized spacial score (nSPS) is 16.5. The van der Waals surface area contributed by atoms with Gasteiger partial charge in [0, 0.05) is 43.4 Å². The van der Waals surface area contributed by atoms with E-state index < -0.39 is 6.61 Å². The molecule has 6 rings (SSSR count). The molecule has 0 spiro atoms. The maximum Gasteiger partial charge on any atom is 0.387 e. The van der Waals surface area contributed by atoms with E-state index in [1.165, 1.54) is 21.0 Å². The van der Waals surface area contributed by atoms with Crippen LogP contribution >= 0.6 is 11.3 Å². The highest BCUT2D eigenvalue weighted by Gasteiger charge is 2.26. The number of hydrogen-bond acceptors (Lipinski definition) is 7. The highest BCUT2D eigenvalue weighted by Crippen LogP contribution is 2.40. The molecule has 2 aromatic carbocycles. The van der Waals surface area contributed by atoms with Crippen LogP contribution in [0.25, 0.3) is 21.1 Å². The lowest BCUT2D eigenvalue weighted by Crippen LogP contribution is -2.32. The molecule has 11 heteroatoms. The molecular formula is C31H33F2N5O3S. The predicted molar refractivity (Wildman–Crippen MR) is 160 cm³/mol. The van der Waals surface area contributed by atoms with Crippen molar-refractivity contribution in [3.63, 3.8) is 0 Å². The minimum absolute atomic E-state index is 0.00262. The molecule has 1 unspecified atom stereocenters. The number of ether oxygens (including phenoxy) is 2. The van der Waals surface area contributed by atoms with E-state index >= 15 is 0 Å². The average Bonchev–Trinajstić information content (AvgIpc) is 3.55. The van der Waals surface area contributed by atoms with Gasteiger partial charge in [-0.25, -0.2) is 4.68 Å². The van der Waals surface area contributed by atoms with Crippen molar-refractivity contribution < 1.29 is 18.3 Å². The molecule has 0 aliphatic carbocycles. The van der Waals surface area contributed by atoms with Gasteiger partial charge in [0.1, 0.15) is 22.9 Å². The van der Waals surface area contributed by atoms with Gasteiger partial charge in [-0.1, -0.05) is 25.1 Å². The topological polar surface area (TPSA) is 85.3 Å². The molecule has 0 fully saturated rings. The van der Waals surface area contributed by atoms with Gasteiger partial charge in [0.15, 0.2) is 5.75 Å². The molecule has 0 saturated carbocycles. The van der Waals surface area contributed by atoms with E-state index in [1.54, 1.807) is 30.5 Å². The Balaban J connectivity index is 1.42. The maximum absolute atomic E-state index is 13.4. The van der Waals surface area contributed by atoms with Crippen LogP contribution in [0.3, 0.4) is 0 Å². The Morgan fingerprint density at radius 2 is 2.05 bits per heavy atom. The van der Waals surface area contributed by atoms with Crippen molar-refractivity contribution in [2.75, 3.05) is 6.54 Å². The summed E-state index contributed by atoms with van der Waals surface area (Å²) in [5, 5.41) is 11.6. The van der Waals surface area contributed by atoms with Gasteiger partial charge in [0.05, 0.1) is 5.69 Å². The second-order valence-electron chi connectivity index (χ2n) is 10.8. The molecule has 1 aliphatic heterocycles. The van der Waals surface area contributed by atoms with Crippen molar-refractivity contribution in [1.82, 2.24) is 24.9 Å². The number of benzene rings is 2. The molecule has 1 aliphatic rings. The number of aryl methyl sites for hydroxylation is 2. The molecular weight excluding hydrogens is 560 g/mol. The van der Waals surface area contributed by atoms with Crippen LogP contribution in [0.5, 0.6) is 11.5 Å².